The molecule has 1 aromatic rings. The average molecular weight is 429 g/mol. The van der Waals surface area contributed by atoms with Crippen LogP contribution in [0.3, 0.4) is 0 Å². The van der Waals surface area contributed by atoms with Crippen LogP contribution in [0.15, 0.2) is 24.3 Å². The van der Waals surface area contributed by atoms with Gasteiger partial charge in [-0.15, -0.1) is 0 Å². The molecule has 1 aliphatic heterocycles. The van der Waals surface area contributed by atoms with Crippen LogP contribution < -0.4 is 15.0 Å². The van der Waals surface area contributed by atoms with E-state index in [-0.39, 0.29) is 17.5 Å². The summed E-state index contributed by atoms with van der Waals surface area (Å²) in [5, 5.41) is 3.85. The minimum atomic E-state index is -2.98. The fraction of sp³-hybridized carbons (Fsp3) is 0.650. The molecule has 2 N–H and O–H groups in total. The Morgan fingerprint density at radius 3 is 2.54 bits per heavy atom. The van der Waals surface area contributed by atoms with E-state index in [1.165, 1.54) is 4.90 Å². The highest BCUT2D eigenvalue weighted by atomic mass is 32.2. The molecule has 0 spiro atoms. The lowest BCUT2D eigenvalue weighted by atomic mass is 10.2. The number of nitrogens with zero attached hydrogens (tertiary/aromatic N) is 1. The predicted octanol–water partition coefficient (Wildman–Crippen LogP) is 1.58. The quantitative estimate of drug-likeness (QED) is 0.613. The van der Waals surface area contributed by atoms with Gasteiger partial charge in [0.1, 0.15) is 5.75 Å². The molecule has 1 aromatic carbocycles. The van der Waals surface area contributed by atoms with Crippen molar-refractivity contribution in [1.82, 2.24) is 4.90 Å². The molecule has 6 nitrogen and oxygen atoms in total. The third kappa shape index (κ3) is 6.32. The van der Waals surface area contributed by atoms with Gasteiger partial charge in [-0.25, -0.2) is 8.42 Å². The number of methoxy groups -OCH3 is 1. The van der Waals surface area contributed by atoms with Crippen molar-refractivity contribution in [1.29, 1.82) is 0 Å². The van der Waals surface area contributed by atoms with E-state index < -0.39 is 9.84 Å². The van der Waals surface area contributed by atoms with Crippen molar-refractivity contribution in [3.05, 3.63) is 24.3 Å². The van der Waals surface area contributed by atoms with Crippen molar-refractivity contribution in [2.24, 2.45) is 0 Å². The van der Waals surface area contributed by atoms with Crippen LogP contribution in [0.25, 0.3) is 0 Å². The zero-order valence-electron chi connectivity index (χ0n) is 17.6. The smallest absolute Gasteiger partial charge is 0.173 e. The molecule has 0 aliphatic carbocycles. The third-order valence-electron chi connectivity index (χ3n) is 5.36. The Labute approximate surface area is 175 Å². The fourth-order valence-corrected chi connectivity index (χ4v) is 5.95. The minimum Gasteiger partial charge on any atom is -0.497 e. The van der Waals surface area contributed by atoms with Crippen LogP contribution in [0.5, 0.6) is 5.75 Å². The summed E-state index contributed by atoms with van der Waals surface area (Å²) in [6.45, 7) is 10.5. The van der Waals surface area contributed by atoms with E-state index >= 15 is 0 Å². The maximum Gasteiger partial charge on any atom is 0.173 e. The van der Waals surface area contributed by atoms with Gasteiger partial charge in [-0.05, 0) is 58.5 Å². The molecule has 158 valence electrons. The summed E-state index contributed by atoms with van der Waals surface area (Å²) >= 11 is 5.70. The Hall–Kier alpha value is -1.38. The molecule has 0 unspecified atom stereocenters. The number of sulfone groups is 1. The molecule has 8 heteroatoms. The standard InChI is InChI=1S/C20H33N3O3S2/c1-15(2)22(16(3)4)10-11-23(18-9-12-28(24,25)14-18)20(27)21-17-7-6-8-19(13-17)26-5/h6-8,13,15-16,18H,9-12,14H2,1-5H3,(H,21,27)/p+1/t18-/m1/s1. The van der Waals surface area contributed by atoms with Gasteiger partial charge < -0.3 is 19.9 Å². The minimum absolute atomic E-state index is 0.0730. The number of thiocarbonyl (C=S) groups is 1. The zero-order chi connectivity index (χ0) is 20.9. The number of rotatable bonds is 8. The molecule has 1 heterocycles. The Balaban J connectivity index is 2.16. The maximum absolute atomic E-state index is 12.1. The SMILES string of the molecule is COc1cccc(NC(=S)N(CC[NH+](C(C)C)C(C)C)[C@@H]2CCS(=O)(=O)C2)c1. The number of quaternary nitrogens is 1. The van der Waals surface area contributed by atoms with Gasteiger partial charge in [-0.2, -0.15) is 0 Å². The molecule has 2 rings (SSSR count). The van der Waals surface area contributed by atoms with Gasteiger partial charge in [-0.3, -0.25) is 0 Å². The van der Waals surface area contributed by atoms with E-state index in [4.69, 9.17) is 17.0 Å². The number of hydrogen-bond donors (Lipinski definition) is 2. The molecular formula is C20H34N3O3S2+. The van der Waals surface area contributed by atoms with Crippen LogP contribution >= 0.6 is 12.2 Å². The van der Waals surface area contributed by atoms with Crippen molar-refractivity contribution in [3.8, 4) is 5.75 Å². The molecule has 1 atom stereocenters. The number of anilines is 1. The van der Waals surface area contributed by atoms with Gasteiger partial charge in [0.2, 0.25) is 0 Å². The highest BCUT2D eigenvalue weighted by Gasteiger charge is 2.34. The molecule has 1 aliphatic rings. The summed E-state index contributed by atoms with van der Waals surface area (Å²) in [5.41, 5.74) is 0.840. The second kappa shape index (κ2) is 9.89. The average Bonchev–Trinajstić information content (AvgIpc) is 2.97. The molecule has 0 aromatic heterocycles. The van der Waals surface area contributed by atoms with Gasteiger partial charge in [0, 0.05) is 17.8 Å². The van der Waals surface area contributed by atoms with Crippen LogP contribution in [0, 0.1) is 0 Å². The van der Waals surface area contributed by atoms with Crippen LogP contribution in [0.4, 0.5) is 5.69 Å². The molecule has 1 saturated heterocycles. The number of ether oxygens (including phenoxy) is 1. The monoisotopic (exact) mass is 428 g/mol. The Morgan fingerprint density at radius 1 is 1.32 bits per heavy atom. The van der Waals surface area contributed by atoms with E-state index in [1.54, 1.807) is 7.11 Å². The summed E-state index contributed by atoms with van der Waals surface area (Å²) in [4.78, 5) is 3.56. The highest BCUT2D eigenvalue weighted by Crippen LogP contribution is 2.21. The van der Waals surface area contributed by atoms with Crippen LogP contribution in [0.1, 0.15) is 34.1 Å². The maximum atomic E-state index is 12.1. The zero-order valence-corrected chi connectivity index (χ0v) is 19.2. The van der Waals surface area contributed by atoms with E-state index in [2.05, 4.69) is 37.9 Å². The second-order valence-electron chi connectivity index (χ2n) is 8.05. The lowest BCUT2D eigenvalue weighted by molar-refractivity contribution is -0.941. The van der Waals surface area contributed by atoms with Crippen LogP contribution in [-0.4, -0.2) is 68.3 Å². The molecule has 1 fully saturated rings. The lowest BCUT2D eigenvalue weighted by Gasteiger charge is -2.34. The van der Waals surface area contributed by atoms with Crippen molar-refractivity contribution in [3.63, 3.8) is 0 Å². The molecular weight excluding hydrogens is 394 g/mol. The van der Waals surface area contributed by atoms with E-state index in [0.29, 0.717) is 23.6 Å². The summed E-state index contributed by atoms with van der Waals surface area (Å²) in [5.74, 6) is 1.16. The van der Waals surface area contributed by atoms with Crippen molar-refractivity contribution in [2.75, 3.05) is 37.0 Å². The summed E-state index contributed by atoms with van der Waals surface area (Å²) in [7, 11) is -1.36. The molecule has 0 amide bonds. The first kappa shape index (κ1) is 22.9. The van der Waals surface area contributed by atoms with Gasteiger partial charge in [-0.1, -0.05) is 6.07 Å². The fourth-order valence-electron chi connectivity index (χ4n) is 3.86. The second-order valence-corrected chi connectivity index (χ2v) is 10.7. The van der Waals surface area contributed by atoms with Crippen molar-refractivity contribution < 1.29 is 18.1 Å². The normalized spacial score (nSPS) is 18.6. The third-order valence-corrected chi connectivity index (χ3v) is 7.44. The molecule has 28 heavy (non-hydrogen) atoms. The van der Waals surface area contributed by atoms with Gasteiger partial charge >= 0.3 is 0 Å². The van der Waals surface area contributed by atoms with E-state index in [1.807, 2.05) is 24.3 Å². The molecule has 0 bridgehead atoms. The van der Waals surface area contributed by atoms with Crippen LogP contribution in [0.2, 0.25) is 0 Å². The van der Waals surface area contributed by atoms with Crippen molar-refractivity contribution >= 4 is 32.9 Å². The molecule has 0 radical (unpaired) electrons. The first-order valence-electron chi connectivity index (χ1n) is 9.90. The summed E-state index contributed by atoms with van der Waals surface area (Å²) < 4.78 is 29.4. The lowest BCUT2D eigenvalue weighted by Crippen LogP contribution is -3.18. The topological polar surface area (TPSA) is 63.1 Å². The largest absolute Gasteiger partial charge is 0.497 e. The highest BCUT2D eigenvalue weighted by molar-refractivity contribution is 7.91. The van der Waals surface area contributed by atoms with Gasteiger partial charge in [0.05, 0.1) is 43.8 Å². The Morgan fingerprint density at radius 2 is 2.00 bits per heavy atom. The Kier molecular flexibility index (Phi) is 8.09. The van der Waals surface area contributed by atoms with E-state index in [9.17, 15) is 8.42 Å². The summed E-state index contributed by atoms with van der Waals surface area (Å²) in [6.07, 6.45) is 0.626. The number of benzene rings is 1. The number of nitrogens with one attached hydrogen (secondary N) is 2. The summed E-state index contributed by atoms with van der Waals surface area (Å²) in [6, 6.07) is 8.51. The molecule has 0 saturated carbocycles. The predicted molar refractivity (Wildman–Crippen MR) is 119 cm³/mol. The van der Waals surface area contributed by atoms with Crippen molar-refractivity contribution in [2.45, 2.75) is 52.2 Å². The van der Waals surface area contributed by atoms with E-state index in [0.717, 1.165) is 24.5 Å². The van der Waals surface area contributed by atoms with Gasteiger partial charge in [0.15, 0.2) is 14.9 Å². The van der Waals surface area contributed by atoms with Crippen LogP contribution in [-0.2, 0) is 9.84 Å². The Bertz CT molecular complexity index is 758. The first-order chi connectivity index (χ1) is 13.1. The number of hydrogen-bond acceptors (Lipinski definition) is 4. The first-order valence-corrected chi connectivity index (χ1v) is 12.1. The van der Waals surface area contributed by atoms with Gasteiger partial charge in [0.25, 0.3) is 0 Å².